The van der Waals surface area contributed by atoms with Crippen LogP contribution in [-0.4, -0.2) is 44.3 Å². The number of aryl methyl sites for hydroxylation is 1. The molecule has 1 saturated heterocycles. The van der Waals surface area contributed by atoms with Gasteiger partial charge in [0.25, 0.3) is 5.91 Å². The largest absolute Gasteiger partial charge is 0.496 e. The van der Waals surface area contributed by atoms with E-state index in [0.717, 1.165) is 24.0 Å². The molecule has 0 unspecified atom stereocenters. The lowest BCUT2D eigenvalue weighted by Gasteiger charge is -2.12. The Labute approximate surface area is 185 Å². The molecule has 1 aliphatic heterocycles. The van der Waals surface area contributed by atoms with Crippen LogP contribution >= 0.6 is 12.2 Å². The molecular formula is C21H25N5O4S. The van der Waals surface area contributed by atoms with Crippen molar-refractivity contribution in [2.45, 2.75) is 40.2 Å². The fourth-order valence-electron chi connectivity index (χ4n) is 3.54. The van der Waals surface area contributed by atoms with E-state index in [1.165, 1.54) is 0 Å². The highest BCUT2D eigenvalue weighted by Gasteiger charge is 2.30. The number of ether oxygens (including phenoxy) is 1. The summed E-state index contributed by atoms with van der Waals surface area (Å²) in [6, 6.07) is 5.51. The van der Waals surface area contributed by atoms with Crippen LogP contribution in [0.1, 0.15) is 42.3 Å². The smallest absolute Gasteiger partial charge is 0.312 e. The first-order valence-electron chi connectivity index (χ1n) is 9.96. The molecule has 1 amide bonds. The van der Waals surface area contributed by atoms with Crippen LogP contribution in [0.5, 0.6) is 5.75 Å². The lowest BCUT2D eigenvalue weighted by molar-refractivity contribution is -0.386. The van der Waals surface area contributed by atoms with Gasteiger partial charge in [0.15, 0.2) is 5.11 Å². The zero-order valence-electron chi connectivity index (χ0n) is 18.0. The number of nitrogens with zero attached hydrogens (tertiary/aromatic N) is 4. The monoisotopic (exact) mass is 443 g/mol. The first-order valence-corrected chi connectivity index (χ1v) is 10.4. The second-order valence-corrected chi connectivity index (χ2v) is 7.69. The van der Waals surface area contributed by atoms with Crippen molar-refractivity contribution in [3.8, 4) is 5.75 Å². The van der Waals surface area contributed by atoms with Crippen molar-refractivity contribution in [2.24, 2.45) is 0 Å². The van der Waals surface area contributed by atoms with Crippen LogP contribution in [0.2, 0.25) is 0 Å². The lowest BCUT2D eigenvalue weighted by Crippen LogP contribution is -2.31. The maximum Gasteiger partial charge on any atom is 0.312 e. The summed E-state index contributed by atoms with van der Waals surface area (Å²) in [5.41, 5.74) is 2.83. The van der Waals surface area contributed by atoms with E-state index in [9.17, 15) is 14.9 Å². The highest BCUT2D eigenvalue weighted by Crippen LogP contribution is 2.27. The number of rotatable bonds is 8. The first-order chi connectivity index (χ1) is 14.8. The van der Waals surface area contributed by atoms with Gasteiger partial charge in [-0.15, -0.1) is 0 Å². The third-order valence-electron chi connectivity index (χ3n) is 5.16. The zero-order valence-corrected chi connectivity index (χ0v) is 18.8. The Morgan fingerprint density at radius 1 is 1.35 bits per heavy atom. The van der Waals surface area contributed by atoms with E-state index in [-0.39, 0.29) is 11.6 Å². The van der Waals surface area contributed by atoms with E-state index in [0.29, 0.717) is 41.0 Å². The minimum Gasteiger partial charge on any atom is -0.496 e. The molecule has 2 heterocycles. The second-order valence-electron chi connectivity index (χ2n) is 7.30. The predicted octanol–water partition coefficient (Wildman–Crippen LogP) is 3.32. The summed E-state index contributed by atoms with van der Waals surface area (Å²) >= 11 is 5.29. The van der Waals surface area contributed by atoms with Crippen molar-refractivity contribution in [1.29, 1.82) is 0 Å². The van der Waals surface area contributed by atoms with Crippen LogP contribution in [0.25, 0.3) is 6.08 Å². The van der Waals surface area contributed by atoms with Gasteiger partial charge in [-0.3, -0.25) is 24.5 Å². The summed E-state index contributed by atoms with van der Waals surface area (Å²) in [5, 5.41) is 19.0. The molecule has 0 saturated carbocycles. The lowest BCUT2D eigenvalue weighted by atomic mass is 10.1. The standard InChI is InChI=1S/C21H25N5O4S/c1-5-6-9-24-20(27)17(22-21(24)31)11-15-7-8-18(30-4)16(10-15)12-25-14(3)19(26(28)29)13(2)23-25/h7-8,10-11H,5-6,9,12H2,1-4H3,(H,22,31)/b17-11+. The minimum absolute atomic E-state index is 0.0127. The average molecular weight is 444 g/mol. The summed E-state index contributed by atoms with van der Waals surface area (Å²) in [4.78, 5) is 25.1. The summed E-state index contributed by atoms with van der Waals surface area (Å²) in [6.45, 7) is 6.23. The Hall–Kier alpha value is -3.27. The van der Waals surface area contributed by atoms with Gasteiger partial charge in [0, 0.05) is 12.1 Å². The van der Waals surface area contributed by atoms with Crippen LogP contribution in [0.15, 0.2) is 23.9 Å². The predicted molar refractivity (Wildman–Crippen MR) is 121 cm³/mol. The molecule has 2 aromatic rings. The molecular weight excluding hydrogens is 418 g/mol. The van der Waals surface area contributed by atoms with Crippen molar-refractivity contribution >= 4 is 35.0 Å². The number of unbranched alkanes of at least 4 members (excludes halogenated alkanes) is 1. The second kappa shape index (κ2) is 9.25. The van der Waals surface area contributed by atoms with Gasteiger partial charge >= 0.3 is 5.69 Å². The molecule has 0 aliphatic carbocycles. The SMILES string of the molecule is CCCCN1C(=O)/C(=C\c2ccc(OC)c(Cn3nc(C)c([N+](=O)[O-])c3C)c2)NC1=S. The van der Waals surface area contributed by atoms with Gasteiger partial charge in [0.1, 0.15) is 22.8 Å². The van der Waals surface area contributed by atoms with Gasteiger partial charge in [0.2, 0.25) is 0 Å². The van der Waals surface area contributed by atoms with Gasteiger partial charge < -0.3 is 10.1 Å². The Kier molecular flexibility index (Phi) is 6.69. The van der Waals surface area contributed by atoms with Crippen molar-refractivity contribution in [3.05, 3.63) is 56.5 Å². The van der Waals surface area contributed by atoms with Crippen LogP contribution < -0.4 is 10.1 Å². The number of hydrogen-bond donors (Lipinski definition) is 1. The third-order valence-corrected chi connectivity index (χ3v) is 5.48. The number of aromatic nitrogens is 2. The number of carbonyl (C=O) groups excluding carboxylic acids is 1. The highest BCUT2D eigenvalue weighted by atomic mass is 32.1. The van der Waals surface area contributed by atoms with Crippen molar-refractivity contribution in [1.82, 2.24) is 20.0 Å². The van der Waals surface area contributed by atoms with Crippen LogP contribution in [0.3, 0.4) is 0 Å². The highest BCUT2D eigenvalue weighted by molar-refractivity contribution is 7.80. The molecule has 1 aromatic heterocycles. The molecule has 164 valence electrons. The van der Waals surface area contributed by atoms with Crippen molar-refractivity contribution in [2.75, 3.05) is 13.7 Å². The van der Waals surface area contributed by atoms with E-state index < -0.39 is 4.92 Å². The molecule has 1 fully saturated rings. The van der Waals surface area contributed by atoms with Gasteiger partial charge in [-0.25, -0.2) is 0 Å². The number of nitro groups is 1. The van der Waals surface area contributed by atoms with Crippen LogP contribution in [-0.2, 0) is 11.3 Å². The number of methoxy groups -OCH3 is 1. The van der Waals surface area contributed by atoms with Gasteiger partial charge in [0.05, 0.1) is 18.6 Å². The summed E-state index contributed by atoms with van der Waals surface area (Å²) in [7, 11) is 1.56. The number of benzene rings is 1. The molecule has 1 N–H and O–H groups in total. The minimum atomic E-state index is -0.420. The fourth-order valence-corrected chi connectivity index (χ4v) is 3.82. The molecule has 3 rings (SSSR count). The van der Waals surface area contributed by atoms with Crippen LogP contribution in [0.4, 0.5) is 5.69 Å². The number of hydrogen-bond acceptors (Lipinski definition) is 6. The molecule has 0 spiro atoms. The normalized spacial score (nSPS) is 15.0. The topological polar surface area (TPSA) is 103 Å². The molecule has 0 radical (unpaired) electrons. The molecule has 1 aromatic carbocycles. The van der Waals surface area contributed by atoms with E-state index >= 15 is 0 Å². The quantitative estimate of drug-likeness (QED) is 0.289. The summed E-state index contributed by atoms with van der Waals surface area (Å²) in [6.07, 6.45) is 3.59. The van der Waals surface area contributed by atoms with Crippen molar-refractivity contribution in [3.63, 3.8) is 0 Å². The number of carbonyl (C=O) groups is 1. The fraction of sp³-hybridized carbons (Fsp3) is 0.381. The van der Waals surface area contributed by atoms with Gasteiger partial charge in [-0.1, -0.05) is 19.4 Å². The Morgan fingerprint density at radius 2 is 2.10 bits per heavy atom. The maximum atomic E-state index is 12.7. The number of thiocarbonyl (C=S) groups is 1. The van der Waals surface area contributed by atoms with Gasteiger partial charge in [-0.05, 0) is 56.3 Å². The Bertz CT molecular complexity index is 1080. The molecule has 31 heavy (non-hydrogen) atoms. The summed E-state index contributed by atoms with van der Waals surface area (Å²) < 4.78 is 7.05. The molecule has 0 atom stereocenters. The molecule has 9 nitrogen and oxygen atoms in total. The molecule has 1 aliphatic rings. The first kappa shape index (κ1) is 22.4. The summed E-state index contributed by atoms with van der Waals surface area (Å²) in [5.74, 6) is 0.480. The molecule has 0 bridgehead atoms. The zero-order chi connectivity index (χ0) is 22.7. The van der Waals surface area contributed by atoms with E-state index in [1.54, 1.807) is 42.7 Å². The van der Waals surface area contributed by atoms with Gasteiger partial charge in [-0.2, -0.15) is 5.10 Å². The Morgan fingerprint density at radius 3 is 2.71 bits per heavy atom. The number of nitrogens with one attached hydrogen (secondary N) is 1. The Balaban J connectivity index is 1.91. The van der Waals surface area contributed by atoms with Crippen molar-refractivity contribution < 1.29 is 14.5 Å². The maximum absolute atomic E-state index is 12.7. The van der Waals surface area contributed by atoms with E-state index in [1.807, 2.05) is 12.1 Å². The average Bonchev–Trinajstić information content (AvgIpc) is 3.15. The number of amides is 1. The van der Waals surface area contributed by atoms with Crippen LogP contribution in [0, 0.1) is 24.0 Å². The van der Waals surface area contributed by atoms with E-state index in [2.05, 4.69) is 17.3 Å². The molecule has 10 heteroatoms. The van der Waals surface area contributed by atoms with E-state index in [4.69, 9.17) is 17.0 Å². The third kappa shape index (κ3) is 4.58.